The second-order valence-corrected chi connectivity index (χ2v) is 5.65. The van der Waals surface area contributed by atoms with Gasteiger partial charge in [-0.25, -0.2) is 0 Å². The van der Waals surface area contributed by atoms with Crippen LogP contribution in [-0.2, 0) is 11.3 Å². The Kier molecular flexibility index (Phi) is 4.11. The van der Waals surface area contributed by atoms with Crippen molar-refractivity contribution < 1.29 is 4.74 Å². The second-order valence-electron chi connectivity index (χ2n) is 5.65. The molecule has 2 heterocycles. The molecule has 1 saturated carbocycles. The molecular formula is C15H23N3O. The van der Waals surface area contributed by atoms with Crippen molar-refractivity contribution in [3.63, 3.8) is 0 Å². The number of aryl methyl sites for hydroxylation is 1. The van der Waals surface area contributed by atoms with Gasteiger partial charge in [0.2, 0.25) is 0 Å². The van der Waals surface area contributed by atoms with Gasteiger partial charge in [0.15, 0.2) is 0 Å². The Balaban J connectivity index is 1.59. The normalized spacial score (nSPS) is 24.6. The lowest BCUT2D eigenvalue weighted by atomic mass is 10.2. The fourth-order valence-corrected chi connectivity index (χ4v) is 2.57. The van der Waals surface area contributed by atoms with Crippen molar-refractivity contribution in [3.05, 3.63) is 29.6 Å². The Morgan fingerprint density at radius 1 is 1.42 bits per heavy atom. The van der Waals surface area contributed by atoms with Gasteiger partial charge in [0, 0.05) is 37.4 Å². The minimum absolute atomic E-state index is 0.483. The Morgan fingerprint density at radius 3 is 3.11 bits per heavy atom. The summed E-state index contributed by atoms with van der Waals surface area (Å²) < 4.78 is 5.62. The maximum Gasteiger partial charge on any atom is 0.0635 e. The first-order valence-corrected chi connectivity index (χ1v) is 7.29. The van der Waals surface area contributed by atoms with Crippen molar-refractivity contribution in [3.8, 4) is 0 Å². The first-order chi connectivity index (χ1) is 9.31. The lowest BCUT2D eigenvalue weighted by Crippen LogP contribution is -2.50. The molecule has 0 amide bonds. The molecule has 2 aliphatic rings. The molecule has 0 spiro atoms. The Labute approximate surface area is 115 Å². The van der Waals surface area contributed by atoms with Crippen LogP contribution in [0, 0.1) is 6.92 Å². The molecule has 0 bridgehead atoms. The highest BCUT2D eigenvalue weighted by atomic mass is 16.5. The van der Waals surface area contributed by atoms with Gasteiger partial charge in [0.1, 0.15) is 0 Å². The van der Waals surface area contributed by atoms with Gasteiger partial charge >= 0.3 is 0 Å². The van der Waals surface area contributed by atoms with E-state index in [2.05, 4.69) is 40.3 Å². The van der Waals surface area contributed by atoms with Crippen LogP contribution in [0.5, 0.6) is 0 Å². The van der Waals surface area contributed by atoms with Gasteiger partial charge < -0.3 is 10.1 Å². The third kappa shape index (κ3) is 3.75. The van der Waals surface area contributed by atoms with Crippen molar-refractivity contribution in [1.82, 2.24) is 15.2 Å². The number of pyridine rings is 1. The van der Waals surface area contributed by atoms with Crippen LogP contribution in [0.4, 0.5) is 0 Å². The first kappa shape index (κ1) is 13.0. The highest BCUT2D eigenvalue weighted by molar-refractivity contribution is 5.10. The third-order valence-corrected chi connectivity index (χ3v) is 3.88. The summed E-state index contributed by atoms with van der Waals surface area (Å²) in [4.78, 5) is 7.11. The van der Waals surface area contributed by atoms with Crippen molar-refractivity contribution in [2.24, 2.45) is 0 Å². The minimum Gasteiger partial charge on any atom is -0.378 e. The lowest BCUT2D eigenvalue weighted by molar-refractivity contribution is -0.0115. The summed E-state index contributed by atoms with van der Waals surface area (Å²) in [6.45, 7) is 6.71. The molecule has 1 aromatic rings. The van der Waals surface area contributed by atoms with E-state index in [0.717, 1.165) is 44.6 Å². The van der Waals surface area contributed by atoms with E-state index in [1.807, 2.05) is 0 Å². The minimum atomic E-state index is 0.483. The standard InChI is InChI=1S/C15H23N3O/c1-12-3-2-4-14(17-12)10-18-7-8-19-11-15(18)9-16-13-5-6-13/h2-4,13,15-16H,5-11H2,1H3. The number of nitrogens with zero attached hydrogens (tertiary/aromatic N) is 2. The summed E-state index contributed by atoms with van der Waals surface area (Å²) in [5, 5.41) is 3.61. The van der Waals surface area contributed by atoms with Crippen molar-refractivity contribution in [2.75, 3.05) is 26.3 Å². The van der Waals surface area contributed by atoms with E-state index < -0.39 is 0 Å². The van der Waals surface area contributed by atoms with Crippen LogP contribution in [-0.4, -0.2) is 48.3 Å². The third-order valence-electron chi connectivity index (χ3n) is 3.88. The van der Waals surface area contributed by atoms with E-state index in [1.54, 1.807) is 0 Å². The average molecular weight is 261 g/mol. The molecule has 1 atom stereocenters. The maximum atomic E-state index is 5.62. The summed E-state index contributed by atoms with van der Waals surface area (Å²) in [7, 11) is 0. The fourth-order valence-electron chi connectivity index (χ4n) is 2.57. The number of hydrogen-bond donors (Lipinski definition) is 1. The van der Waals surface area contributed by atoms with Gasteiger partial charge in [0.25, 0.3) is 0 Å². The maximum absolute atomic E-state index is 5.62. The van der Waals surface area contributed by atoms with Crippen molar-refractivity contribution >= 4 is 0 Å². The molecule has 0 aromatic carbocycles. The zero-order chi connectivity index (χ0) is 13.1. The fraction of sp³-hybridized carbons (Fsp3) is 0.667. The predicted octanol–water partition coefficient (Wildman–Crippen LogP) is 1.34. The number of morpholine rings is 1. The summed E-state index contributed by atoms with van der Waals surface area (Å²) in [5.74, 6) is 0. The molecule has 1 aliphatic carbocycles. The van der Waals surface area contributed by atoms with Gasteiger partial charge in [-0.3, -0.25) is 9.88 Å². The zero-order valence-corrected chi connectivity index (χ0v) is 11.6. The van der Waals surface area contributed by atoms with Gasteiger partial charge in [-0.05, 0) is 31.9 Å². The summed E-state index contributed by atoms with van der Waals surface area (Å²) in [6.07, 6.45) is 2.68. The van der Waals surface area contributed by atoms with Crippen LogP contribution >= 0.6 is 0 Å². The summed E-state index contributed by atoms with van der Waals surface area (Å²) in [5.41, 5.74) is 2.26. The number of rotatable bonds is 5. The summed E-state index contributed by atoms with van der Waals surface area (Å²) in [6, 6.07) is 7.51. The second kappa shape index (κ2) is 5.99. The molecule has 1 N–H and O–H groups in total. The van der Waals surface area contributed by atoms with Crippen LogP contribution in [0.25, 0.3) is 0 Å². The Hall–Kier alpha value is -0.970. The van der Waals surface area contributed by atoms with Crippen LogP contribution in [0.2, 0.25) is 0 Å². The molecule has 1 unspecified atom stereocenters. The SMILES string of the molecule is Cc1cccc(CN2CCOCC2CNC2CC2)n1. The first-order valence-electron chi connectivity index (χ1n) is 7.29. The van der Waals surface area contributed by atoms with E-state index in [9.17, 15) is 0 Å². The zero-order valence-electron chi connectivity index (χ0n) is 11.6. The van der Waals surface area contributed by atoms with Crippen molar-refractivity contribution in [1.29, 1.82) is 0 Å². The molecule has 1 saturated heterocycles. The largest absolute Gasteiger partial charge is 0.378 e. The molecule has 104 valence electrons. The van der Waals surface area contributed by atoms with Crippen LogP contribution in [0.15, 0.2) is 18.2 Å². The van der Waals surface area contributed by atoms with Gasteiger partial charge in [-0.2, -0.15) is 0 Å². The molecule has 4 nitrogen and oxygen atoms in total. The molecule has 0 radical (unpaired) electrons. The van der Waals surface area contributed by atoms with Gasteiger partial charge in [-0.15, -0.1) is 0 Å². The van der Waals surface area contributed by atoms with E-state index in [4.69, 9.17) is 4.74 Å². The smallest absolute Gasteiger partial charge is 0.0635 e. The number of hydrogen-bond acceptors (Lipinski definition) is 4. The topological polar surface area (TPSA) is 37.4 Å². The highest BCUT2D eigenvalue weighted by Crippen LogP contribution is 2.19. The van der Waals surface area contributed by atoms with Crippen molar-refractivity contribution in [2.45, 2.75) is 38.4 Å². The highest BCUT2D eigenvalue weighted by Gasteiger charge is 2.27. The summed E-state index contributed by atoms with van der Waals surface area (Å²) >= 11 is 0. The van der Waals surface area contributed by atoms with E-state index in [1.165, 1.54) is 18.5 Å². The monoisotopic (exact) mass is 261 g/mol. The van der Waals surface area contributed by atoms with Gasteiger partial charge in [-0.1, -0.05) is 6.07 Å². The number of ether oxygens (including phenoxy) is 1. The molecule has 4 heteroatoms. The lowest BCUT2D eigenvalue weighted by Gasteiger charge is -2.35. The van der Waals surface area contributed by atoms with Crippen LogP contribution < -0.4 is 5.32 Å². The Morgan fingerprint density at radius 2 is 2.32 bits per heavy atom. The molecule has 3 rings (SSSR count). The number of aromatic nitrogens is 1. The Bertz CT molecular complexity index is 420. The molecule has 2 fully saturated rings. The van der Waals surface area contributed by atoms with Crippen LogP contribution in [0.1, 0.15) is 24.2 Å². The molecule has 19 heavy (non-hydrogen) atoms. The van der Waals surface area contributed by atoms with E-state index in [-0.39, 0.29) is 0 Å². The molecule has 1 aromatic heterocycles. The average Bonchev–Trinajstić information content (AvgIpc) is 3.22. The van der Waals surface area contributed by atoms with Gasteiger partial charge in [0.05, 0.1) is 18.9 Å². The predicted molar refractivity (Wildman–Crippen MR) is 75.0 cm³/mol. The quantitative estimate of drug-likeness (QED) is 0.868. The van der Waals surface area contributed by atoms with E-state index in [0.29, 0.717) is 6.04 Å². The number of nitrogens with one attached hydrogen (secondary N) is 1. The van der Waals surface area contributed by atoms with Crippen LogP contribution in [0.3, 0.4) is 0 Å². The molecule has 1 aliphatic heterocycles. The van der Waals surface area contributed by atoms with E-state index >= 15 is 0 Å². The molecular weight excluding hydrogens is 238 g/mol.